The van der Waals surface area contributed by atoms with Gasteiger partial charge in [0.25, 0.3) is 5.91 Å². The summed E-state index contributed by atoms with van der Waals surface area (Å²) in [7, 11) is 3.55. The Balaban J connectivity index is 0.00000376. The van der Waals surface area contributed by atoms with Gasteiger partial charge >= 0.3 is 11.8 Å². The molecule has 1 amide bonds. The average Bonchev–Trinajstić information content (AvgIpc) is 3.59. The van der Waals surface area contributed by atoms with Gasteiger partial charge in [-0.15, -0.1) is 0 Å². The number of hydrogen-bond acceptors (Lipinski definition) is 14. The summed E-state index contributed by atoms with van der Waals surface area (Å²) in [6, 6.07) is 3.65. The number of anilines is 2. The molecule has 6 N–H and O–H groups in total. The van der Waals surface area contributed by atoms with Crippen molar-refractivity contribution in [1.82, 2.24) is 4.98 Å². The maximum Gasteiger partial charge on any atom is 0.307 e. The van der Waals surface area contributed by atoms with Gasteiger partial charge in [-0.3, -0.25) is 19.2 Å². The van der Waals surface area contributed by atoms with Gasteiger partial charge in [0, 0.05) is 93.1 Å². The average molecular weight is 942 g/mol. The third kappa shape index (κ3) is 9.55. The summed E-state index contributed by atoms with van der Waals surface area (Å²) < 4.78 is 30.8. The van der Waals surface area contributed by atoms with Crippen molar-refractivity contribution in [1.29, 1.82) is 0 Å². The minimum absolute atomic E-state index is 0.0192. The number of aliphatic hydroxyl groups is 2. The minimum Gasteiger partial charge on any atom is -0.507 e. The number of quaternary nitrogens is 1. The van der Waals surface area contributed by atoms with Crippen molar-refractivity contribution in [2.75, 3.05) is 37.5 Å². The number of phenolic OH excluding ortho intramolecular Hbond substituents is 1. The van der Waals surface area contributed by atoms with Gasteiger partial charge in [0.2, 0.25) is 10.9 Å². The lowest BCUT2D eigenvalue weighted by molar-refractivity contribution is -0.665. The number of methoxy groups -OCH3 is 1. The van der Waals surface area contributed by atoms with E-state index in [1.165, 1.54) is 40.2 Å². The minimum atomic E-state index is -1.94. The van der Waals surface area contributed by atoms with Crippen molar-refractivity contribution >= 4 is 62.0 Å². The van der Waals surface area contributed by atoms with E-state index in [9.17, 15) is 34.5 Å². The molecule has 1 fully saturated rings. The molecule has 16 heteroatoms. The number of nitrogens with one attached hydrogen (secondary N) is 1. The largest absolute Gasteiger partial charge is 0.507 e. The molecule has 3 aliphatic heterocycles. The van der Waals surface area contributed by atoms with Crippen LogP contribution in [0.25, 0.3) is 38.7 Å². The van der Waals surface area contributed by atoms with E-state index < -0.39 is 64.3 Å². The highest BCUT2D eigenvalue weighted by Gasteiger charge is 2.44. The molecule has 16 nitrogen and oxygen atoms in total. The van der Waals surface area contributed by atoms with Crippen molar-refractivity contribution in [3.05, 3.63) is 79.5 Å². The van der Waals surface area contributed by atoms with Crippen LogP contribution in [0.5, 0.6) is 11.5 Å². The third-order valence-corrected chi connectivity index (χ3v) is 14.4. The third-order valence-electron chi connectivity index (χ3n) is 14.4. The number of esters is 1. The molecule has 1 aromatic heterocycles. The number of aromatic nitrogens is 1. The van der Waals surface area contributed by atoms with E-state index in [1.807, 2.05) is 55.5 Å². The van der Waals surface area contributed by atoms with Crippen molar-refractivity contribution < 1.29 is 53.6 Å². The van der Waals surface area contributed by atoms with E-state index in [0.717, 1.165) is 12.8 Å². The number of nitrogens with two attached hydrogens (primary N) is 1. The van der Waals surface area contributed by atoms with Gasteiger partial charge in [-0.05, 0) is 37.7 Å². The van der Waals surface area contributed by atoms with E-state index in [0.29, 0.717) is 24.8 Å². The van der Waals surface area contributed by atoms with E-state index in [4.69, 9.17) is 28.3 Å². The Labute approximate surface area is 396 Å². The summed E-state index contributed by atoms with van der Waals surface area (Å²) in [6.07, 6.45) is 7.55. The first kappa shape index (κ1) is 51.4. The molecule has 0 aliphatic carbocycles. The van der Waals surface area contributed by atoms with E-state index in [-0.39, 0.29) is 84.4 Å². The van der Waals surface area contributed by atoms with Gasteiger partial charge in [-0.1, -0.05) is 66.7 Å². The molecular weight excluding hydrogens is 873 g/mol. The summed E-state index contributed by atoms with van der Waals surface area (Å²) in [5.74, 6) is -5.58. The molecule has 1 saturated heterocycles. The second kappa shape index (κ2) is 20.7. The molecule has 0 unspecified atom stereocenters. The van der Waals surface area contributed by atoms with Gasteiger partial charge in [-0.25, -0.2) is 4.98 Å². The lowest BCUT2D eigenvalue weighted by atomic mass is 9.73. The van der Waals surface area contributed by atoms with Gasteiger partial charge in [0.05, 0.1) is 42.2 Å². The quantitative estimate of drug-likeness (QED) is 0.0897. The van der Waals surface area contributed by atoms with Crippen LogP contribution in [0.4, 0.5) is 11.4 Å². The lowest BCUT2D eigenvalue weighted by Gasteiger charge is -2.39. The predicted octanol–water partition coefficient (Wildman–Crippen LogP) is 6.02. The Morgan fingerprint density at radius 1 is 0.956 bits per heavy atom. The zero-order valence-corrected chi connectivity index (χ0v) is 41.6. The Hall–Kier alpha value is -5.97. The molecule has 4 heterocycles. The lowest BCUT2D eigenvalue weighted by Crippen LogP contribution is -2.87. The normalized spacial score (nSPS) is 29.1. The molecule has 5 bridgehead atoms. The monoisotopic (exact) mass is 941 g/mol. The van der Waals surface area contributed by atoms with Crippen LogP contribution in [0.1, 0.15) is 87.6 Å². The summed E-state index contributed by atoms with van der Waals surface area (Å²) in [5.41, 5.74) is -1.09. The summed E-state index contributed by atoms with van der Waals surface area (Å²) >= 11 is 0. The summed E-state index contributed by atoms with van der Waals surface area (Å²) in [5, 5.41) is 40.1. The molecule has 3 aliphatic rings. The van der Waals surface area contributed by atoms with Crippen LogP contribution in [0.15, 0.2) is 62.3 Å². The number of carbonyl (C=O) groups is 2. The maximum absolute atomic E-state index is 14.9. The summed E-state index contributed by atoms with van der Waals surface area (Å²) in [6.45, 7) is 20.9. The van der Waals surface area contributed by atoms with Crippen LogP contribution in [-0.2, 0) is 23.8 Å². The molecule has 9 atom stereocenters. The van der Waals surface area contributed by atoms with Crippen LogP contribution < -0.4 is 36.3 Å². The molecule has 3 aromatic carbocycles. The fourth-order valence-corrected chi connectivity index (χ4v) is 9.76. The number of fused-ring (bicyclic) bond motifs is 5. The first-order chi connectivity index (χ1) is 32.2. The standard InChI is InChI=1S/C50H62N4O12.C2H6/c1-23-13-12-14-24(2)49(61)53-41-44(59)37-36(40-47(41)65-35-22-32(21-33(56)39(35)52-40)54-18-15-31(51-10)16-19-54)38-46(29(7)43(37)58)66-50(9,48(38)60)63-20-17-34(62-11)28(6)45(64-30(8)55)27(5)25(3)26(4)42(23)57;1-2/h12-14,17,20-23,25-28,31,34,42,45,51,57-58,60H,15-16,18-19H2,1-11H3,(H,53,61);1-2H3/p+1/b13-12+,20-17+,24-14-;/t23-,25+,26-,27+,28+,34-,42-,45-,50-;/m0./s1. The van der Waals surface area contributed by atoms with Gasteiger partial charge in [0.1, 0.15) is 28.8 Å². The second-order valence-electron chi connectivity index (χ2n) is 18.6. The van der Waals surface area contributed by atoms with Crippen LogP contribution >= 0.6 is 0 Å². The number of phenols is 1. The smallest absolute Gasteiger partial charge is 0.307 e. The highest BCUT2D eigenvalue weighted by atomic mass is 16.7. The molecule has 368 valence electrons. The number of benzene rings is 3. The molecule has 0 saturated carbocycles. The molecular formula is C52H69N4O12+. The molecule has 4 aromatic rings. The molecule has 0 radical (unpaired) electrons. The summed E-state index contributed by atoms with van der Waals surface area (Å²) in [4.78, 5) is 62.3. The van der Waals surface area contributed by atoms with Crippen LogP contribution in [0, 0.1) is 36.5 Å². The number of piperidine rings is 1. The van der Waals surface area contributed by atoms with E-state index in [1.54, 1.807) is 37.3 Å². The van der Waals surface area contributed by atoms with Crippen LogP contribution in [-0.4, -0.2) is 89.6 Å². The first-order valence-electron chi connectivity index (χ1n) is 23.7. The van der Waals surface area contributed by atoms with Crippen molar-refractivity contribution in [3.8, 4) is 11.5 Å². The van der Waals surface area contributed by atoms with E-state index >= 15 is 0 Å². The van der Waals surface area contributed by atoms with Crippen molar-refractivity contribution in [2.24, 2.45) is 29.6 Å². The van der Waals surface area contributed by atoms with E-state index in [2.05, 4.69) is 15.5 Å². The number of nitrogens with zero attached hydrogens (tertiary/aromatic N) is 2. The maximum atomic E-state index is 14.9. The van der Waals surface area contributed by atoms with Gasteiger partial charge in [-0.2, -0.15) is 0 Å². The fourth-order valence-electron chi connectivity index (χ4n) is 9.76. The number of hydrogen-bond donors (Lipinski definition) is 5. The first-order valence-corrected chi connectivity index (χ1v) is 23.7. The SMILES string of the molecule is CC.C[NH2+]C1CCN(c2cc(=O)c3nc4c(oc3c2)c2c(=O)c3c(O)c(C)c5c(c34)=C(O)[C@@](C)(O/C=C/[C@H](OC)[C@@H](C)[C@@H](OC(C)=O)[C@H](C)[C@H](C)[C@H](C)[C@@H](O)[C@@H](C)/C=C/C=C(/C)C(=O)N2)O5)CC1. The zero-order chi connectivity index (χ0) is 50.1. The fraction of sp³-hybridized carbons (Fsp3) is 0.519. The number of allylic oxidation sites excluding steroid dienone is 2. The number of ether oxygens (including phenoxy) is 4. The number of aromatic hydroxyl groups is 1. The molecule has 0 spiro atoms. The highest BCUT2D eigenvalue weighted by Crippen LogP contribution is 2.42. The molecule has 7 rings (SSSR count). The van der Waals surface area contributed by atoms with Crippen molar-refractivity contribution in [3.63, 3.8) is 0 Å². The number of carbonyl (C=O) groups excluding carboxylic acids is 2. The van der Waals surface area contributed by atoms with Crippen LogP contribution in [0.2, 0.25) is 0 Å². The van der Waals surface area contributed by atoms with Crippen LogP contribution in [0.3, 0.4) is 0 Å². The zero-order valence-electron chi connectivity index (χ0n) is 41.6. The number of rotatable bonds is 4. The molecule has 68 heavy (non-hydrogen) atoms. The second-order valence-corrected chi connectivity index (χ2v) is 18.6. The number of aliphatic hydroxyl groups excluding tert-OH is 2. The Kier molecular flexibility index (Phi) is 15.7. The Morgan fingerprint density at radius 2 is 1.63 bits per heavy atom. The Morgan fingerprint density at radius 3 is 2.26 bits per heavy atom. The van der Waals surface area contributed by atoms with Gasteiger partial charge in [0.15, 0.2) is 22.4 Å². The Bertz CT molecular complexity index is 2850. The highest BCUT2D eigenvalue weighted by molar-refractivity contribution is 6.16. The predicted molar refractivity (Wildman–Crippen MR) is 263 cm³/mol. The number of amides is 1. The van der Waals surface area contributed by atoms with Gasteiger partial charge < -0.3 is 54.2 Å². The topological polar surface area (TPSA) is 224 Å². The van der Waals surface area contributed by atoms with Crippen molar-refractivity contribution in [2.45, 2.75) is 119 Å².